The fraction of sp³-hybridized carbons (Fsp3) is 0.200. The summed E-state index contributed by atoms with van der Waals surface area (Å²) in [5.74, 6) is 0.752. The van der Waals surface area contributed by atoms with Crippen LogP contribution in [-0.4, -0.2) is 34.3 Å². The Morgan fingerprint density at radius 3 is 2.41 bits per heavy atom. The SMILES string of the molecule is COc1ccc(S(=O)(=O)NCC(O)c2cccc3ccccc23)cc1OC. The van der Waals surface area contributed by atoms with Gasteiger partial charge < -0.3 is 14.6 Å². The topological polar surface area (TPSA) is 84.9 Å². The lowest BCUT2D eigenvalue weighted by atomic mass is 10.0. The van der Waals surface area contributed by atoms with Gasteiger partial charge in [-0.05, 0) is 28.5 Å². The standard InChI is InChI=1S/C20H21NO5S/c1-25-19-11-10-15(12-20(19)26-2)27(23,24)21-13-18(22)17-9-5-7-14-6-3-4-8-16(14)17/h3-12,18,21-22H,13H2,1-2H3. The molecule has 0 radical (unpaired) electrons. The van der Waals surface area contributed by atoms with E-state index < -0.39 is 16.1 Å². The Kier molecular flexibility index (Phi) is 5.65. The van der Waals surface area contributed by atoms with Crippen molar-refractivity contribution in [3.63, 3.8) is 0 Å². The van der Waals surface area contributed by atoms with E-state index in [-0.39, 0.29) is 11.4 Å². The zero-order valence-corrected chi connectivity index (χ0v) is 15.9. The summed E-state index contributed by atoms with van der Waals surface area (Å²) < 4.78 is 37.9. The monoisotopic (exact) mass is 387 g/mol. The van der Waals surface area contributed by atoms with Crippen molar-refractivity contribution < 1.29 is 23.0 Å². The number of benzene rings is 3. The van der Waals surface area contributed by atoms with Crippen LogP contribution in [0.25, 0.3) is 10.8 Å². The molecular formula is C20H21NO5S. The molecular weight excluding hydrogens is 366 g/mol. The van der Waals surface area contributed by atoms with Gasteiger partial charge in [0.2, 0.25) is 10.0 Å². The summed E-state index contributed by atoms with van der Waals surface area (Å²) in [4.78, 5) is 0.0327. The highest BCUT2D eigenvalue weighted by Gasteiger charge is 2.19. The lowest BCUT2D eigenvalue weighted by Crippen LogP contribution is -2.28. The average Bonchev–Trinajstić information content (AvgIpc) is 2.71. The van der Waals surface area contributed by atoms with Crippen molar-refractivity contribution in [1.82, 2.24) is 4.72 Å². The van der Waals surface area contributed by atoms with E-state index >= 15 is 0 Å². The van der Waals surface area contributed by atoms with E-state index in [1.54, 1.807) is 6.07 Å². The van der Waals surface area contributed by atoms with Gasteiger partial charge >= 0.3 is 0 Å². The first-order chi connectivity index (χ1) is 13.0. The van der Waals surface area contributed by atoms with Gasteiger partial charge in [0.25, 0.3) is 0 Å². The van der Waals surface area contributed by atoms with Gasteiger partial charge in [-0.2, -0.15) is 0 Å². The Labute approximate surface area is 158 Å². The molecule has 0 saturated heterocycles. The lowest BCUT2D eigenvalue weighted by molar-refractivity contribution is 0.183. The van der Waals surface area contributed by atoms with Crippen LogP contribution in [0.5, 0.6) is 11.5 Å². The van der Waals surface area contributed by atoms with Gasteiger partial charge in [0.05, 0.1) is 25.2 Å². The van der Waals surface area contributed by atoms with Crippen LogP contribution in [0, 0.1) is 0 Å². The number of nitrogens with one attached hydrogen (secondary N) is 1. The van der Waals surface area contributed by atoms with E-state index in [9.17, 15) is 13.5 Å². The number of methoxy groups -OCH3 is 2. The predicted molar refractivity (Wildman–Crippen MR) is 104 cm³/mol. The Morgan fingerprint density at radius 2 is 1.67 bits per heavy atom. The molecule has 0 heterocycles. The fourth-order valence-corrected chi connectivity index (χ4v) is 3.96. The van der Waals surface area contributed by atoms with Crippen molar-refractivity contribution in [3.8, 4) is 11.5 Å². The largest absolute Gasteiger partial charge is 0.493 e. The minimum absolute atomic E-state index is 0.0327. The average molecular weight is 387 g/mol. The van der Waals surface area contributed by atoms with E-state index in [0.717, 1.165) is 10.8 Å². The van der Waals surface area contributed by atoms with Gasteiger partial charge in [-0.25, -0.2) is 13.1 Å². The van der Waals surface area contributed by atoms with Gasteiger partial charge in [0, 0.05) is 12.6 Å². The molecule has 0 aliphatic rings. The Balaban J connectivity index is 1.80. The molecule has 0 spiro atoms. The maximum Gasteiger partial charge on any atom is 0.240 e. The highest BCUT2D eigenvalue weighted by molar-refractivity contribution is 7.89. The van der Waals surface area contributed by atoms with Crippen molar-refractivity contribution >= 4 is 20.8 Å². The van der Waals surface area contributed by atoms with E-state index in [1.165, 1.54) is 32.4 Å². The number of aliphatic hydroxyl groups is 1. The van der Waals surface area contributed by atoms with Gasteiger partial charge in [0.15, 0.2) is 11.5 Å². The Bertz CT molecular complexity index is 1040. The van der Waals surface area contributed by atoms with E-state index in [2.05, 4.69) is 4.72 Å². The number of hydrogen-bond donors (Lipinski definition) is 2. The zero-order chi connectivity index (χ0) is 19.4. The van der Waals surface area contributed by atoms with Crippen LogP contribution in [0.1, 0.15) is 11.7 Å². The number of aliphatic hydroxyl groups excluding tert-OH is 1. The maximum absolute atomic E-state index is 12.6. The summed E-state index contributed by atoms with van der Waals surface area (Å²) >= 11 is 0. The molecule has 2 N–H and O–H groups in total. The maximum atomic E-state index is 12.6. The first-order valence-corrected chi connectivity index (χ1v) is 9.82. The van der Waals surface area contributed by atoms with Gasteiger partial charge in [-0.1, -0.05) is 42.5 Å². The van der Waals surface area contributed by atoms with Crippen molar-refractivity contribution in [2.75, 3.05) is 20.8 Å². The van der Waals surface area contributed by atoms with E-state index in [0.29, 0.717) is 17.1 Å². The molecule has 0 bridgehead atoms. The van der Waals surface area contributed by atoms with Crippen LogP contribution in [-0.2, 0) is 10.0 Å². The first-order valence-electron chi connectivity index (χ1n) is 8.33. The molecule has 0 saturated carbocycles. The number of fused-ring (bicyclic) bond motifs is 1. The Morgan fingerprint density at radius 1 is 0.963 bits per heavy atom. The smallest absolute Gasteiger partial charge is 0.240 e. The van der Waals surface area contributed by atoms with Gasteiger partial charge in [-0.3, -0.25) is 0 Å². The summed E-state index contributed by atoms with van der Waals surface area (Å²) in [6.45, 7) is -0.148. The van der Waals surface area contributed by atoms with Crippen LogP contribution in [0.4, 0.5) is 0 Å². The van der Waals surface area contributed by atoms with Crippen LogP contribution in [0.15, 0.2) is 65.6 Å². The van der Waals surface area contributed by atoms with Gasteiger partial charge in [-0.15, -0.1) is 0 Å². The van der Waals surface area contributed by atoms with Crippen LogP contribution >= 0.6 is 0 Å². The lowest BCUT2D eigenvalue weighted by Gasteiger charge is -2.15. The van der Waals surface area contributed by atoms with Crippen LogP contribution < -0.4 is 14.2 Å². The molecule has 7 heteroatoms. The predicted octanol–water partition coefficient (Wildman–Crippen LogP) is 2.87. The highest BCUT2D eigenvalue weighted by Crippen LogP contribution is 2.29. The molecule has 3 aromatic carbocycles. The second-order valence-corrected chi connectivity index (χ2v) is 7.72. The number of rotatable bonds is 7. The molecule has 142 valence electrons. The molecule has 3 aromatic rings. The van der Waals surface area contributed by atoms with E-state index in [1.807, 2.05) is 36.4 Å². The molecule has 0 fully saturated rings. The molecule has 6 nitrogen and oxygen atoms in total. The molecule has 27 heavy (non-hydrogen) atoms. The minimum Gasteiger partial charge on any atom is -0.493 e. The second kappa shape index (κ2) is 7.96. The second-order valence-electron chi connectivity index (χ2n) is 5.95. The zero-order valence-electron chi connectivity index (χ0n) is 15.0. The molecule has 3 rings (SSSR count). The fourth-order valence-electron chi connectivity index (χ4n) is 2.91. The third-order valence-corrected chi connectivity index (χ3v) is 5.74. The molecule has 1 unspecified atom stereocenters. The molecule has 0 aliphatic carbocycles. The first kappa shape index (κ1) is 19.2. The summed E-state index contributed by atoms with van der Waals surface area (Å²) in [6.07, 6.45) is -0.981. The number of sulfonamides is 1. The van der Waals surface area contributed by atoms with Crippen molar-refractivity contribution in [2.45, 2.75) is 11.0 Å². The number of ether oxygens (including phenoxy) is 2. The van der Waals surface area contributed by atoms with Crippen LogP contribution in [0.2, 0.25) is 0 Å². The van der Waals surface area contributed by atoms with E-state index in [4.69, 9.17) is 9.47 Å². The Hall–Kier alpha value is -2.61. The molecule has 0 aromatic heterocycles. The molecule has 1 atom stereocenters. The quantitative estimate of drug-likeness (QED) is 0.651. The van der Waals surface area contributed by atoms with Crippen molar-refractivity contribution in [2.24, 2.45) is 0 Å². The van der Waals surface area contributed by atoms with Crippen molar-refractivity contribution in [1.29, 1.82) is 0 Å². The minimum atomic E-state index is -3.82. The summed E-state index contributed by atoms with van der Waals surface area (Å²) in [5, 5.41) is 12.4. The third-order valence-electron chi connectivity index (χ3n) is 4.31. The molecule has 0 amide bonds. The van der Waals surface area contributed by atoms with Gasteiger partial charge in [0.1, 0.15) is 0 Å². The summed E-state index contributed by atoms with van der Waals surface area (Å²) in [7, 11) is -0.906. The van der Waals surface area contributed by atoms with Crippen molar-refractivity contribution in [3.05, 3.63) is 66.2 Å². The summed E-state index contributed by atoms with van der Waals surface area (Å²) in [6, 6.07) is 17.5. The molecule has 0 aliphatic heterocycles. The highest BCUT2D eigenvalue weighted by atomic mass is 32.2. The van der Waals surface area contributed by atoms with Crippen LogP contribution in [0.3, 0.4) is 0 Å². The summed E-state index contributed by atoms with van der Waals surface area (Å²) in [5.41, 5.74) is 0.670. The third kappa shape index (κ3) is 4.05. The normalized spacial score (nSPS) is 12.7. The number of hydrogen-bond acceptors (Lipinski definition) is 5.